The first kappa shape index (κ1) is 61.6. The van der Waals surface area contributed by atoms with E-state index in [1.807, 2.05) is 0 Å². The van der Waals surface area contributed by atoms with Gasteiger partial charge in [-0.3, -0.25) is 14.4 Å². The lowest BCUT2D eigenvalue weighted by Crippen LogP contribution is -2.30. The van der Waals surface area contributed by atoms with E-state index in [4.69, 9.17) is 14.2 Å². The van der Waals surface area contributed by atoms with E-state index in [2.05, 4.69) is 106 Å². The highest BCUT2D eigenvalue weighted by atomic mass is 16.6. The molecule has 0 unspecified atom stereocenters. The number of hydrogen-bond acceptors (Lipinski definition) is 6. The number of carbonyl (C=O) groups is 3. The Balaban J connectivity index is 4.43. The SMILES string of the molecule is CC/C=C\C/C=C\C/C=C\C/C=C\C/C=C\CCCC(=O)O[C@H](COC(=O)CCCCCCCCCCC/C=C\C/C=C\CCCCC)COC(=O)CCCCCCCCCCCCC. The van der Waals surface area contributed by atoms with Crippen LogP contribution in [-0.2, 0) is 28.6 Å². The minimum atomic E-state index is -0.806. The molecule has 0 fully saturated rings. The first-order valence-electron chi connectivity index (χ1n) is 27.1. The fourth-order valence-electron chi connectivity index (χ4n) is 7.33. The van der Waals surface area contributed by atoms with Crippen molar-refractivity contribution in [2.24, 2.45) is 0 Å². The van der Waals surface area contributed by atoms with Crippen molar-refractivity contribution in [1.29, 1.82) is 0 Å². The number of carbonyl (C=O) groups excluding carboxylic acids is 3. The molecule has 0 aliphatic heterocycles. The van der Waals surface area contributed by atoms with E-state index in [-0.39, 0.29) is 37.5 Å². The lowest BCUT2D eigenvalue weighted by atomic mass is 10.1. The van der Waals surface area contributed by atoms with Gasteiger partial charge < -0.3 is 14.2 Å². The number of esters is 3. The van der Waals surface area contributed by atoms with E-state index in [1.165, 1.54) is 122 Å². The van der Waals surface area contributed by atoms with E-state index in [9.17, 15) is 14.4 Å². The highest BCUT2D eigenvalue weighted by Gasteiger charge is 2.19. The van der Waals surface area contributed by atoms with Gasteiger partial charge in [0.05, 0.1) is 0 Å². The predicted molar refractivity (Wildman–Crippen MR) is 279 cm³/mol. The minimum absolute atomic E-state index is 0.0990. The molecular formula is C59H100O6. The molecule has 0 aromatic heterocycles. The summed E-state index contributed by atoms with van der Waals surface area (Å²) in [5.41, 5.74) is 0. The van der Waals surface area contributed by atoms with Gasteiger partial charge in [-0.15, -0.1) is 0 Å². The first-order valence-corrected chi connectivity index (χ1v) is 27.1. The van der Waals surface area contributed by atoms with Crippen molar-refractivity contribution in [3.8, 4) is 0 Å². The molecule has 6 heteroatoms. The Morgan fingerprint density at radius 3 is 1.02 bits per heavy atom. The Morgan fingerprint density at radius 2 is 0.615 bits per heavy atom. The van der Waals surface area contributed by atoms with Crippen molar-refractivity contribution in [2.45, 2.75) is 258 Å². The van der Waals surface area contributed by atoms with Gasteiger partial charge in [-0.25, -0.2) is 0 Å². The van der Waals surface area contributed by atoms with E-state index < -0.39 is 6.10 Å². The Bertz CT molecular complexity index is 1270. The molecular weight excluding hydrogens is 805 g/mol. The monoisotopic (exact) mass is 905 g/mol. The lowest BCUT2D eigenvalue weighted by Gasteiger charge is -2.18. The van der Waals surface area contributed by atoms with Gasteiger partial charge in [-0.1, -0.05) is 228 Å². The topological polar surface area (TPSA) is 78.9 Å². The molecule has 1 atom stereocenters. The van der Waals surface area contributed by atoms with Crippen LogP contribution in [0.5, 0.6) is 0 Å². The van der Waals surface area contributed by atoms with Gasteiger partial charge in [0, 0.05) is 19.3 Å². The molecule has 0 saturated carbocycles. The zero-order valence-electron chi connectivity index (χ0n) is 42.5. The van der Waals surface area contributed by atoms with Gasteiger partial charge >= 0.3 is 17.9 Å². The molecule has 0 aromatic rings. The highest BCUT2D eigenvalue weighted by Crippen LogP contribution is 2.15. The second kappa shape index (κ2) is 53.2. The van der Waals surface area contributed by atoms with Crippen LogP contribution in [-0.4, -0.2) is 37.2 Å². The molecule has 0 amide bonds. The fraction of sp³-hybridized carbons (Fsp3) is 0.712. The van der Waals surface area contributed by atoms with Gasteiger partial charge in [0.25, 0.3) is 0 Å². The van der Waals surface area contributed by atoms with Crippen molar-refractivity contribution in [3.05, 3.63) is 85.1 Å². The molecule has 0 spiro atoms. The average Bonchev–Trinajstić information content (AvgIpc) is 3.30. The maximum Gasteiger partial charge on any atom is 0.306 e. The normalized spacial score (nSPS) is 12.7. The molecule has 0 saturated heterocycles. The van der Waals surface area contributed by atoms with Crippen molar-refractivity contribution in [2.75, 3.05) is 13.2 Å². The molecule has 0 N–H and O–H groups in total. The summed E-state index contributed by atoms with van der Waals surface area (Å²) in [5, 5.41) is 0. The summed E-state index contributed by atoms with van der Waals surface area (Å²) >= 11 is 0. The summed E-state index contributed by atoms with van der Waals surface area (Å²) in [7, 11) is 0. The van der Waals surface area contributed by atoms with Crippen LogP contribution in [0.3, 0.4) is 0 Å². The third-order valence-corrected chi connectivity index (χ3v) is 11.4. The van der Waals surface area contributed by atoms with Crippen molar-refractivity contribution < 1.29 is 28.6 Å². The Labute approximate surface area is 401 Å². The Kier molecular flexibility index (Phi) is 50.4. The number of allylic oxidation sites excluding steroid dienone is 14. The Morgan fingerprint density at radius 1 is 0.323 bits per heavy atom. The van der Waals surface area contributed by atoms with Crippen LogP contribution in [0.4, 0.5) is 0 Å². The lowest BCUT2D eigenvalue weighted by molar-refractivity contribution is -0.167. The van der Waals surface area contributed by atoms with E-state index in [0.717, 1.165) is 83.5 Å². The third-order valence-electron chi connectivity index (χ3n) is 11.4. The van der Waals surface area contributed by atoms with Crippen LogP contribution in [0.25, 0.3) is 0 Å². The summed E-state index contributed by atoms with van der Waals surface area (Å²) in [5.74, 6) is -0.960. The molecule has 0 aromatic carbocycles. The second-order valence-corrected chi connectivity index (χ2v) is 17.8. The summed E-state index contributed by atoms with van der Waals surface area (Å²) in [6, 6.07) is 0. The highest BCUT2D eigenvalue weighted by molar-refractivity contribution is 5.71. The summed E-state index contributed by atoms with van der Waals surface area (Å²) < 4.78 is 16.8. The number of hydrogen-bond donors (Lipinski definition) is 0. The number of ether oxygens (including phenoxy) is 3. The van der Waals surface area contributed by atoms with E-state index >= 15 is 0 Å². The largest absolute Gasteiger partial charge is 0.462 e. The van der Waals surface area contributed by atoms with Crippen molar-refractivity contribution >= 4 is 17.9 Å². The molecule has 0 aliphatic rings. The number of rotatable bonds is 48. The molecule has 0 radical (unpaired) electrons. The van der Waals surface area contributed by atoms with E-state index in [1.54, 1.807) is 0 Å². The molecule has 6 nitrogen and oxygen atoms in total. The van der Waals surface area contributed by atoms with Gasteiger partial charge in [0.1, 0.15) is 13.2 Å². The smallest absolute Gasteiger partial charge is 0.306 e. The zero-order chi connectivity index (χ0) is 47.2. The maximum absolute atomic E-state index is 12.8. The molecule has 0 aliphatic carbocycles. The van der Waals surface area contributed by atoms with Gasteiger partial charge in [0.2, 0.25) is 0 Å². The summed E-state index contributed by atoms with van der Waals surface area (Å²) in [4.78, 5) is 38.0. The van der Waals surface area contributed by atoms with Crippen molar-refractivity contribution in [3.63, 3.8) is 0 Å². The van der Waals surface area contributed by atoms with Crippen molar-refractivity contribution in [1.82, 2.24) is 0 Å². The Hall–Kier alpha value is -3.41. The maximum atomic E-state index is 12.8. The van der Waals surface area contributed by atoms with Gasteiger partial charge in [-0.05, 0) is 89.9 Å². The molecule has 0 heterocycles. The zero-order valence-corrected chi connectivity index (χ0v) is 42.5. The van der Waals surface area contributed by atoms with Crippen LogP contribution in [0, 0.1) is 0 Å². The van der Waals surface area contributed by atoms with E-state index in [0.29, 0.717) is 19.3 Å². The standard InChI is InChI=1S/C59H100O6/c1-4-7-10-13-16-19-22-24-26-28-29-31-32-34-37-40-43-46-49-52-58(61)64-55-56(54-63-57(60)51-48-45-42-39-36-21-18-15-12-9-6-3)65-59(62)53-50-47-44-41-38-35-33-30-27-25-23-20-17-14-11-8-5-2/h8,11,16-17,19-20,24-27,33,35,41,44,56H,4-7,9-10,12-15,18,21-23,28-32,34,36-40,42-43,45-55H2,1-3H3/b11-8-,19-16-,20-17-,26-24-,27-25-,35-33-,44-41-/t56-/m0/s1. The number of unbranched alkanes of at least 4 members (excludes halogenated alkanes) is 23. The summed E-state index contributed by atoms with van der Waals surface area (Å²) in [6.07, 6.45) is 68.6. The third kappa shape index (κ3) is 51.4. The van der Waals surface area contributed by atoms with Gasteiger partial charge in [-0.2, -0.15) is 0 Å². The second-order valence-electron chi connectivity index (χ2n) is 17.8. The first-order chi connectivity index (χ1) is 32.0. The van der Waals surface area contributed by atoms with Crippen LogP contribution in [0.15, 0.2) is 85.1 Å². The quantitative estimate of drug-likeness (QED) is 0.0262. The van der Waals surface area contributed by atoms with Crippen LogP contribution in [0.1, 0.15) is 252 Å². The average molecular weight is 905 g/mol. The molecule has 0 rings (SSSR count). The molecule has 0 bridgehead atoms. The predicted octanol–water partition coefficient (Wildman–Crippen LogP) is 18.0. The molecule has 372 valence electrons. The van der Waals surface area contributed by atoms with Gasteiger partial charge in [0.15, 0.2) is 6.10 Å². The summed E-state index contributed by atoms with van der Waals surface area (Å²) in [6.45, 7) is 6.45. The van der Waals surface area contributed by atoms with Crippen LogP contribution >= 0.6 is 0 Å². The van der Waals surface area contributed by atoms with Crippen LogP contribution in [0.2, 0.25) is 0 Å². The molecule has 65 heavy (non-hydrogen) atoms. The van der Waals surface area contributed by atoms with Crippen LogP contribution < -0.4 is 0 Å². The minimum Gasteiger partial charge on any atom is -0.462 e. The fourth-order valence-corrected chi connectivity index (χ4v) is 7.33.